The van der Waals surface area contributed by atoms with Crippen molar-refractivity contribution in [3.05, 3.63) is 34.7 Å². The highest BCUT2D eigenvalue weighted by atomic mass is 32.2. The Morgan fingerprint density at radius 2 is 1.84 bits per heavy atom. The van der Waals surface area contributed by atoms with Gasteiger partial charge in [0.2, 0.25) is 0 Å². The lowest BCUT2D eigenvalue weighted by atomic mass is 10.1. The van der Waals surface area contributed by atoms with Crippen LogP contribution in [0, 0.1) is 0 Å². The molecule has 1 N–H and O–H groups in total. The van der Waals surface area contributed by atoms with Crippen LogP contribution >= 0.6 is 24.0 Å². The number of nitrogens with zero attached hydrogens (tertiary/aromatic N) is 2. The highest BCUT2D eigenvalue weighted by Gasteiger charge is 2.45. The average molecular weight is 510 g/mol. The maximum Gasteiger partial charge on any atom is 0.511 e. The number of alkyl halides is 3. The summed E-state index contributed by atoms with van der Waals surface area (Å²) >= 11 is 6.15. The lowest BCUT2D eigenvalue weighted by Gasteiger charge is -2.19. The summed E-state index contributed by atoms with van der Waals surface area (Å²) in [6, 6.07) is 7.67. The number of hydrogen-bond acceptors (Lipinski definition) is 6. The number of anilines is 1. The number of hydrogen-bond donors (Lipinski definition) is 1. The molecule has 6 nitrogen and oxygen atoms in total. The van der Waals surface area contributed by atoms with Gasteiger partial charge in [0.1, 0.15) is 4.32 Å². The van der Waals surface area contributed by atoms with E-state index >= 15 is 0 Å². The Morgan fingerprint density at radius 1 is 1.19 bits per heavy atom. The van der Waals surface area contributed by atoms with E-state index in [2.05, 4.69) is 11.8 Å². The molecule has 1 fully saturated rings. The monoisotopic (exact) mass is 509 g/mol. The Labute approximate surface area is 196 Å². The SMILES string of the molecule is CCCCCCN(C)c1ccc(/C=C2\SC(=S)N(CCNS(=O)(=O)C(F)(F)F)C2=O)cc1. The summed E-state index contributed by atoms with van der Waals surface area (Å²) in [6.07, 6.45) is 6.38. The molecular weight excluding hydrogens is 483 g/mol. The van der Waals surface area contributed by atoms with Gasteiger partial charge < -0.3 is 4.90 Å². The summed E-state index contributed by atoms with van der Waals surface area (Å²) in [6.45, 7) is 2.24. The fraction of sp³-hybridized carbons (Fsp3) is 0.500. The van der Waals surface area contributed by atoms with E-state index in [0.29, 0.717) is 4.91 Å². The number of carbonyl (C=O) groups excluding carboxylic acids is 1. The third-order valence-electron chi connectivity index (χ3n) is 4.78. The van der Waals surface area contributed by atoms with Crippen molar-refractivity contribution in [2.24, 2.45) is 0 Å². The van der Waals surface area contributed by atoms with E-state index in [1.54, 1.807) is 6.08 Å². The predicted octanol–water partition coefficient (Wildman–Crippen LogP) is 4.34. The second kappa shape index (κ2) is 11.5. The molecule has 0 bridgehead atoms. The molecule has 0 atom stereocenters. The summed E-state index contributed by atoms with van der Waals surface area (Å²) in [5.41, 5.74) is -3.56. The number of halogens is 3. The average Bonchev–Trinajstić information content (AvgIpc) is 2.98. The van der Waals surface area contributed by atoms with Crippen LogP contribution in [0.2, 0.25) is 0 Å². The molecule has 0 aliphatic carbocycles. The molecule has 2 rings (SSSR count). The first-order chi connectivity index (χ1) is 15.0. The Morgan fingerprint density at radius 3 is 2.44 bits per heavy atom. The number of thiocarbonyl (C=S) groups is 1. The molecule has 0 aromatic heterocycles. The Balaban J connectivity index is 1.96. The molecule has 1 heterocycles. The lowest BCUT2D eigenvalue weighted by Crippen LogP contribution is -2.41. The zero-order valence-electron chi connectivity index (χ0n) is 17.8. The summed E-state index contributed by atoms with van der Waals surface area (Å²) < 4.78 is 60.9. The largest absolute Gasteiger partial charge is 0.511 e. The van der Waals surface area contributed by atoms with Crippen molar-refractivity contribution in [1.29, 1.82) is 0 Å². The van der Waals surface area contributed by atoms with Crippen LogP contribution in [0.5, 0.6) is 0 Å². The van der Waals surface area contributed by atoms with Crippen LogP contribution in [0.4, 0.5) is 18.9 Å². The van der Waals surface area contributed by atoms with Gasteiger partial charge >= 0.3 is 15.5 Å². The van der Waals surface area contributed by atoms with Gasteiger partial charge in [-0.1, -0.05) is 62.3 Å². The highest BCUT2D eigenvalue weighted by molar-refractivity contribution is 8.26. The van der Waals surface area contributed by atoms with Crippen LogP contribution in [-0.4, -0.2) is 55.7 Å². The van der Waals surface area contributed by atoms with Crippen LogP contribution in [0.25, 0.3) is 6.08 Å². The van der Waals surface area contributed by atoms with E-state index in [4.69, 9.17) is 12.2 Å². The molecule has 0 saturated carbocycles. The van der Waals surface area contributed by atoms with Gasteiger partial charge in [0.05, 0.1) is 4.91 Å². The number of carbonyl (C=O) groups is 1. The second-order valence-corrected chi connectivity index (χ2v) is 10.7. The maximum atomic E-state index is 12.6. The summed E-state index contributed by atoms with van der Waals surface area (Å²) in [5, 5.41) is 0. The normalized spacial score (nSPS) is 16.3. The number of benzene rings is 1. The fourth-order valence-electron chi connectivity index (χ4n) is 2.95. The molecule has 178 valence electrons. The minimum atomic E-state index is -5.46. The number of sulfonamides is 1. The van der Waals surface area contributed by atoms with E-state index in [9.17, 15) is 26.4 Å². The maximum absolute atomic E-state index is 12.6. The molecule has 0 unspecified atom stereocenters. The van der Waals surface area contributed by atoms with Gasteiger partial charge in [-0.05, 0) is 30.2 Å². The molecule has 12 heteroatoms. The van der Waals surface area contributed by atoms with Crippen molar-refractivity contribution in [3.8, 4) is 0 Å². The molecule has 1 aliphatic rings. The van der Waals surface area contributed by atoms with Gasteiger partial charge in [0.15, 0.2) is 0 Å². The number of rotatable bonds is 11. The van der Waals surface area contributed by atoms with E-state index in [0.717, 1.165) is 40.9 Å². The first-order valence-corrected chi connectivity index (χ1v) is 12.8. The summed E-state index contributed by atoms with van der Waals surface area (Å²) in [4.78, 5) is 16.1. The first kappa shape index (κ1) is 26.6. The van der Waals surface area contributed by atoms with Crippen LogP contribution in [0.3, 0.4) is 0 Å². The van der Waals surface area contributed by atoms with Crippen molar-refractivity contribution in [1.82, 2.24) is 9.62 Å². The minimum absolute atomic E-state index is 0.163. The third-order valence-corrected chi connectivity index (χ3v) is 7.36. The zero-order valence-corrected chi connectivity index (χ0v) is 20.3. The number of amides is 1. The van der Waals surface area contributed by atoms with E-state index in [-0.39, 0.29) is 10.9 Å². The van der Waals surface area contributed by atoms with E-state index in [1.165, 1.54) is 24.0 Å². The molecule has 1 aromatic rings. The van der Waals surface area contributed by atoms with E-state index in [1.807, 2.05) is 31.3 Å². The van der Waals surface area contributed by atoms with Crippen molar-refractivity contribution in [2.45, 2.75) is 38.1 Å². The smallest absolute Gasteiger partial charge is 0.375 e. The van der Waals surface area contributed by atoms with Crippen LogP contribution in [-0.2, 0) is 14.8 Å². The second-order valence-electron chi connectivity index (χ2n) is 7.25. The molecule has 1 aromatic carbocycles. The van der Waals surface area contributed by atoms with Gasteiger partial charge in [0, 0.05) is 32.4 Å². The lowest BCUT2D eigenvalue weighted by molar-refractivity contribution is -0.122. The molecule has 1 saturated heterocycles. The standard InChI is InChI=1S/C20H26F3N3O3S3/c1-3-4-5-6-12-25(2)16-9-7-15(8-10-16)14-17-18(27)26(19(30)31-17)13-11-24-32(28,29)20(21,22)23/h7-10,14,24H,3-6,11-13H2,1-2H3/b17-14-. The van der Waals surface area contributed by atoms with Crippen molar-refractivity contribution >= 4 is 56.0 Å². The van der Waals surface area contributed by atoms with Crippen molar-refractivity contribution in [3.63, 3.8) is 0 Å². The quantitative estimate of drug-likeness (QED) is 0.272. The Bertz CT molecular complexity index is 948. The molecular formula is C20H26F3N3O3S3. The Kier molecular flexibility index (Phi) is 9.55. The van der Waals surface area contributed by atoms with Gasteiger partial charge in [0.25, 0.3) is 5.91 Å². The topological polar surface area (TPSA) is 69.7 Å². The number of nitrogens with one attached hydrogen (secondary N) is 1. The molecule has 1 amide bonds. The summed E-state index contributed by atoms with van der Waals surface area (Å²) in [7, 11) is -3.44. The first-order valence-electron chi connectivity index (χ1n) is 10.1. The van der Waals surface area contributed by atoms with Gasteiger partial charge in [-0.2, -0.15) is 13.2 Å². The van der Waals surface area contributed by atoms with Gasteiger partial charge in [-0.25, -0.2) is 13.1 Å². The fourth-order valence-corrected chi connectivity index (χ4v) is 4.78. The van der Waals surface area contributed by atoms with Crippen LogP contribution in [0.1, 0.15) is 38.2 Å². The van der Waals surface area contributed by atoms with Gasteiger partial charge in [-0.3, -0.25) is 9.69 Å². The Hall–Kier alpha value is -1.63. The molecule has 32 heavy (non-hydrogen) atoms. The minimum Gasteiger partial charge on any atom is -0.375 e. The van der Waals surface area contributed by atoms with Gasteiger partial charge in [-0.15, -0.1) is 0 Å². The molecule has 1 aliphatic heterocycles. The number of thioether (sulfide) groups is 1. The molecule has 0 spiro atoms. The van der Waals surface area contributed by atoms with Crippen molar-refractivity contribution in [2.75, 3.05) is 31.6 Å². The summed E-state index contributed by atoms with van der Waals surface area (Å²) in [5.74, 6) is -0.469. The van der Waals surface area contributed by atoms with Crippen molar-refractivity contribution < 1.29 is 26.4 Å². The predicted molar refractivity (Wildman–Crippen MR) is 127 cm³/mol. The zero-order chi connectivity index (χ0) is 23.9. The highest BCUT2D eigenvalue weighted by Crippen LogP contribution is 2.32. The third kappa shape index (κ3) is 7.19. The van der Waals surface area contributed by atoms with Crippen LogP contribution < -0.4 is 9.62 Å². The van der Waals surface area contributed by atoms with E-state index < -0.39 is 28.0 Å². The molecule has 0 radical (unpaired) electrons. The van der Waals surface area contributed by atoms with Crippen LogP contribution in [0.15, 0.2) is 29.2 Å². The number of unbranched alkanes of at least 4 members (excludes halogenated alkanes) is 3.